The predicted octanol–water partition coefficient (Wildman–Crippen LogP) is 2.31. The molecule has 94 valence electrons. The molecule has 2 aromatic heterocycles. The minimum Gasteiger partial charge on any atom is -0.336 e. The average Bonchev–Trinajstić information content (AvgIpc) is 2.93. The summed E-state index contributed by atoms with van der Waals surface area (Å²) in [5.74, 6) is 1.28. The summed E-state index contributed by atoms with van der Waals surface area (Å²) in [5, 5.41) is 18.1. The SMILES string of the molecule is Cc1nnc(-c2ccccc2)c(Nc2cn[nH]c2)n1. The minimum atomic E-state index is 0.616. The summed E-state index contributed by atoms with van der Waals surface area (Å²) in [5.41, 5.74) is 2.51. The van der Waals surface area contributed by atoms with Gasteiger partial charge in [0, 0.05) is 11.8 Å². The molecular weight excluding hydrogens is 240 g/mol. The lowest BCUT2D eigenvalue weighted by atomic mass is 10.1. The molecule has 0 saturated heterocycles. The zero-order chi connectivity index (χ0) is 13.1. The van der Waals surface area contributed by atoms with E-state index in [1.54, 1.807) is 12.4 Å². The van der Waals surface area contributed by atoms with E-state index < -0.39 is 0 Å². The number of rotatable bonds is 3. The molecule has 3 rings (SSSR count). The number of aryl methyl sites for hydroxylation is 1. The predicted molar refractivity (Wildman–Crippen MR) is 71.9 cm³/mol. The van der Waals surface area contributed by atoms with Crippen molar-refractivity contribution >= 4 is 11.5 Å². The number of H-pyrrole nitrogens is 1. The molecule has 19 heavy (non-hydrogen) atoms. The second-order valence-electron chi connectivity index (χ2n) is 4.03. The molecule has 2 heterocycles. The van der Waals surface area contributed by atoms with Crippen LogP contribution in [0.1, 0.15) is 5.82 Å². The largest absolute Gasteiger partial charge is 0.336 e. The van der Waals surface area contributed by atoms with E-state index in [4.69, 9.17) is 0 Å². The standard InChI is InChI=1S/C13H12N6/c1-9-16-13(17-11-7-14-15-8-11)12(19-18-9)10-5-3-2-4-6-10/h2-8H,1H3,(H,14,15)(H,16,17,18). The molecule has 0 aliphatic rings. The first-order valence-corrected chi connectivity index (χ1v) is 5.85. The van der Waals surface area contributed by atoms with Gasteiger partial charge in [-0.05, 0) is 6.92 Å². The Kier molecular flexibility index (Phi) is 2.89. The monoisotopic (exact) mass is 252 g/mol. The fraction of sp³-hybridized carbons (Fsp3) is 0.0769. The number of nitrogens with one attached hydrogen (secondary N) is 2. The van der Waals surface area contributed by atoms with E-state index in [2.05, 4.69) is 30.7 Å². The Morgan fingerprint density at radius 2 is 1.95 bits per heavy atom. The van der Waals surface area contributed by atoms with Crippen molar-refractivity contribution in [1.82, 2.24) is 25.4 Å². The molecule has 0 aliphatic heterocycles. The number of nitrogens with zero attached hydrogens (tertiary/aromatic N) is 4. The van der Waals surface area contributed by atoms with E-state index in [0.29, 0.717) is 17.3 Å². The third kappa shape index (κ3) is 2.42. The van der Waals surface area contributed by atoms with Crippen LogP contribution in [0.3, 0.4) is 0 Å². The van der Waals surface area contributed by atoms with Crippen molar-refractivity contribution in [3.63, 3.8) is 0 Å². The lowest BCUT2D eigenvalue weighted by Gasteiger charge is -2.08. The van der Waals surface area contributed by atoms with Crippen molar-refractivity contribution in [2.45, 2.75) is 6.92 Å². The molecule has 0 atom stereocenters. The molecule has 0 unspecified atom stereocenters. The van der Waals surface area contributed by atoms with Gasteiger partial charge in [-0.2, -0.15) is 5.10 Å². The Bertz CT molecular complexity index is 663. The zero-order valence-electron chi connectivity index (χ0n) is 10.3. The summed E-state index contributed by atoms with van der Waals surface area (Å²) < 4.78 is 0. The van der Waals surface area contributed by atoms with Crippen molar-refractivity contribution in [2.24, 2.45) is 0 Å². The Labute approximate surface area is 109 Å². The highest BCUT2D eigenvalue weighted by Crippen LogP contribution is 2.25. The number of hydrogen-bond donors (Lipinski definition) is 2. The van der Waals surface area contributed by atoms with E-state index in [1.807, 2.05) is 37.3 Å². The van der Waals surface area contributed by atoms with Crippen molar-refractivity contribution in [1.29, 1.82) is 0 Å². The van der Waals surface area contributed by atoms with Crippen LogP contribution in [0.15, 0.2) is 42.7 Å². The van der Waals surface area contributed by atoms with Gasteiger partial charge in [0.1, 0.15) is 11.5 Å². The summed E-state index contributed by atoms with van der Waals surface area (Å²) in [7, 11) is 0. The van der Waals surface area contributed by atoms with Crippen LogP contribution < -0.4 is 5.32 Å². The first-order valence-electron chi connectivity index (χ1n) is 5.85. The van der Waals surface area contributed by atoms with Crippen molar-refractivity contribution in [3.8, 4) is 11.3 Å². The smallest absolute Gasteiger partial charge is 0.161 e. The van der Waals surface area contributed by atoms with E-state index in [1.165, 1.54) is 0 Å². The van der Waals surface area contributed by atoms with Gasteiger partial charge in [0.15, 0.2) is 5.82 Å². The summed E-state index contributed by atoms with van der Waals surface area (Å²) in [6.07, 6.45) is 3.44. The Hall–Kier alpha value is -2.76. The van der Waals surface area contributed by atoms with Gasteiger partial charge in [-0.25, -0.2) is 4.98 Å². The summed E-state index contributed by atoms with van der Waals surface area (Å²) >= 11 is 0. The molecule has 6 nitrogen and oxygen atoms in total. The van der Waals surface area contributed by atoms with Crippen molar-refractivity contribution < 1.29 is 0 Å². The Balaban J connectivity index is 2.04. The number of anilines is 2. The second kappa shape index (κ2) is 4.85. The van der Waals surface area contributed by atoms with Crippen LogP contribution in [0.4, 0.5) is 11.5 Å². The van der Waals surface area contributed by atoms with Crippen LogP contribution >= 0.6 is 0 Å². The first-order chi connectivity index (χ1) is 9.33. The Morgan fingerprint density at radius 3 is 2.68 bits per heavy atom. The van der Waals surface area contributed by atoms with Gasteiger partial charge in [0.05, 0.1) is 11.9 Å². The van der Waals surface area contributed by atoms with E-state index in [0.717, 1.165) is 11.3 Å². The third-order valence-electron chi connectivity index (χ3n) is 2.60. The van der Waals surface area contributed by atoms with Crippen LogP contribution in [0.2, 0.25) is 0 Å². The van der Waals surface area contributed by atoms with Gasteiger partial charge >= 0.3 is 0 Å². The van der Waals surface area contributed by atoms with Crippen molar-refractivity contribution in [2.75, 3.05) is 5.32 Å². The molecule has 0 spiro atoms. The normalized spacial score (nSPS) is 10.4. The highest BCUT2D eigenvalue weighted by molar-refractivity contribution is 5.74. The molecule has 0 bridgehead atoms. The number of benzene rings is 1. The minimum absolute atomic E-state index is 0.616. The van der Waals surface area contributed by atoms with Crippen LogP contribution in [0.5, 0.6) is 0 Å². The first kappa shape index (κ1) is 11.3. The van der Waals surface area contributed by atoms with E-state index in [9.17, 15) is 0 Å². The lowest BCUT2D eigenvalue weighted by Crippen LogP contribution is -2.02. The number of hydrogen-bond acceptors (Lipinski definition) is 5. The van der Waals surface area contributed by atoms with Gasteiger partial charge in [0.2, 0.25) is 0 Å². The molecule has 0 fully saturated rings. The highest BCUT2D eigenvalue weighted by atomic mass is 15.2. The molecule has 3 aromatic rings. The third-order valence-corrected chi connectivity index (χ3v) is 2.60. The fourth-order valence-corrected chi connectivity index (χ4v) is 1.74. The van der Waals surface area contributed by atoms with Crippen LogP contribution in [0, 0.1) is 6.92 Å². The molecule has 1 aromatic carbocycles. The number of aromatic amines is 1. The fourth-order valence-electron chi connectivity index (χ4n) is 1.74. The molecule has 0 saturated carbocycles. The van der Waals surface area contributed by atoms with Gasteiger partial charge in [-0.1, -0.05) is 30.3 Å². The molecule has 0 amide bonds. The van der Waals surface area contributed by atoms with Gasteiger partial charge in [0.25, 0.3) is 0 Å². The van der Waals surface area contributed by atoms with Crippen LogP contribution in [-0.4, -0.2) is 25.4 Å². The summed E-state index contributed by atoms with van der Waals surface area (Å²) in [4.78, 5) is 4.40. The van der Waals surface area contributed by atoms with Gasteiger partial charge in [-0.15, -0.1) is 10.2 Å². The van der Waals surface area contributed by atoms with Crippen LogP contribution in [0.25, 0.3) is 11.3 Å². The molecule has 6 heteroatoms. The molecular formula is C13H12N6. The molecule has 0 radical (unpaired) electrons. The topological polar surface area (TPSA) is 79.4 Å². The summed E-state index contributed by atoms with van der Waals surface area (Å²) in [6.45, 7) is 1.81. The van der Waals surface area contributed by atoms with Crippen molar-refractivity contribution in [3.05, 3.63) is 48.5 Å². The van der Waals surface area contributed by atoms with Gasteiger partial charge < -0.3 is 5.32 Å². The van der Waals surface area contributed by atoms with Crippen LogP contribution in [-0.2, 0) is 0 Å². The maximum atomic E-state index is 4.40. The quantitative estimate of drug-likeness (QED) is 0.747. The van der Waals surface area contributed by atoms with E-state index in [-0.39, 0.29) is 0 Å². The molecule has 2 N–H and O–H groups in total. The average molecular weight is 252 g/mol. The maximum absolute atomic E-state index is 4.40. The number of aromatic nitrogens is 5. The maximum Gasteiger partial charge on any atom is 0.161 e. The Morgan fingerprint density at radius 1 is 1.11 bits per heavy atom. The highest BCUT2D eigenvalue weighted by Gasteiger charge is 2.10. The van der Waals surface area contributed by atoms with Gasteiger partial charge in [-0.3, -0.25) is 5.10 Å². The summed E-state index contributed by atoms with van der Waals surface area (Å²) in [6, 6.07) is 9.82. The lowest BCUT2D eigenvalue weighted by molar-refractivity contribution is 0.918. The molecule has 0 aliphatic carbocycles. The van der Waals surface area contributed by atoms with E-state index >= 15 is 0 Å². The zero-order valence-corrected chi connectivity index (χ0v) is 10.3. The second-order valence-corrected chi connectivity index (χ2v) is 4.03.